The van der Waals surface area contributed by atoms with Crippen LogP contribution in [0.2, 0.25) is 0 Å². The van der Waals surface area contributed by atoms with Gasteiger partial charge in [0, 0.05) is 21.2 Å². The number of nitrogens with two attached hydrogens (primary N) is 1. The number of hydrogen-bond donors (Lipinski definition) is 3. The number of benzene rings is 1. The molecule has 0 atom stereocenters. The van der Waals surface area contributed by atoms with Crippen LogP contribution in [-0.2, 0) is 0 Å². The van der Waals surface area contributed by atoms with Crippen LogP contribution in [-0.4, -0.2) is 17.2 Å². The van der Waals surface area contributed by atoms with Crippen LogP contribution in [0.25, 0.3) is 10.1 Å². The highest BCUT2D eigenvalue weighted by Gasteiger charge is 2.16. The fraction of sp³-hybridized carbons (Fsp3) is 0. The molecule has 0 amide bonds. The molecule has 2 aromatic rings. The number of hydrogen-bond acceptors (Lipinski definition) is 4. The molecule has 1 aromatic heterocycles. The Labute approximate surface area is 98.8 Å². The summed E-state index contributed by atoms with van der Waals surface area (Å²) in [6.45, 7) is 0. The van der Waals surface area contributed by atoms with E-state index in [4.69, 9.17) is 15.8 Å². The smallest absolute Gasteiger partial charge is 0.423 e. The maximum absolute atomic E-state index is 9.05. The Morgan fingerprint density at radius 2 is 2.07 bits per heavy atom. The molecule has 0 aliphatic carbocycles. The van der Waals surface area contributed by atoms with Crippen molar-refractivity contribution in [1.82, 2.24) is 0 Å². The van der Waals surface area contributed by atoms with Crippen molar-refractivity contribution >= 4 is 62.3 Å². The number of rotatable bonds is 1. The second-order valence-corrected chi connectivity index (χ2v) is 5.88. The Morgan fingerprint density at radius 3 is 2.71 bits per heavy atom. The second-order valence-electron chi connectivity index (χ2n) is 2.90. The molecule has 0 aliphatic heterocycles. The minimum atomic E-state index is -1.50. The molecule has 2 rings (SSSR count). The molecule has 0 saturated heterocycles. The molecule has 6 heteroatoms. The molecule has 0 spiro atoms. The molecule has 4 N–H and O–H groups in total. The van der Waals surface area contributed by atoms with E-state index in [2.05, 4.69) is 22.6 Å². The Bertz CT molecular complexity index is 485. The Morgan fingerprint density at radius 1 is 1.36 bits per heavy atom. The van der Waals surface area contributed by atoms with Crippen molar-refractivity contribution in [3.8, 4) is 0 Å². The Hall–Kier alpha value is -0.305. The van der Waals surface area contributed by atoms with E-state index in [9.17, 15) is 0 Å². The summed E-state index contributed by atoms with van der Waals surface area (Å²) in [5.74, 6) is 0. The minimum absolute atomic E-state index is 0.367. The molecule has 72 valence electrons. The molecule has 0 fully saturated rings. The van der Waals surface area contributed by atoms with E-state index in [0.717, 1.165) is 13.0 Å². The van der Waals surface area contributed by atoms with Crippen LogP contribution in [0.5, 0.6) is 0 Å². The molecule has 1 aromatic carbocycles. The molecule has 0 aliphatic rings. The quantitative estimate of drug-likeness (QED) is 0.413. The first-order valence-corrected chi connectivity index (χ1v) is 5.82. The van der Waals surface area contributed by atoms with E-state index in [0.29, 0.717) is 11.2 Å². The minimum Gasteiger partial charge on any atom is -0.423 e. The number of halogens is 1. The van der Waals surface area contributed by atoms with Crippen LogP contribution in [0.4, 0.5) is 5.69 Å². The van der Waals surface area contributed by atoms with Gasteiger partial charge >= 0.3 is 7.12 Å². The van der Waals surface area contributed by atoms with Gasteiger partial charge in [-0.1, -0.05) is 6.07 Å². The van der Waals surface area contributed by atoms with E-state index in [-0.39, 0.29) is 0 Å². The highest BCUT2D eigenvalue weighted by atomic mass is 127. The zero-order chi connectivity index (χ0) is 10.3. The van der Waals surface area contributed by atoms with Crippen molar-refractivity contribution in [2.75, 3.05) is 5.73 Å². The predicted molar refractivity (Wildman–Crippen MR) is 68.8 cm³/mol. The first-order valence-electron chi connectivity index (χ1n) is 3.93. The zero-order valence-electron chi connectivity index (χ0n) is 7.07. The lowest BCUT2D eigenvalue weighted by molar-refractivity contribution is 0.426. The first-order chi connectivity index (χ1) is 6.59. The van der Waals surface area contributed by atoms with Gasteiger partial charge in [-0.05, 0) is 34.7 Å². The fourth-order valence-corrected chi connectivity index (χ4v) is 3.17. The summed E-state index contributed by atoms with van der Waals surface area (Å²) < 4.78 is 2.20. The van der Waals surface area contributed by atoms with Crippen LogP contribution in [0.1, 0.15) is 0 Å². The summed E-state index contributed by atoms with van der Waals surface area (Å²) in [4.78, 5) is 0. The maximum Gasteiger partial charge on any atom is 0.490 e. The molecule has 1 heterocycles. The van der Waals surface area contributed by atoms with Crippen LogP contribution < -0.4 is 11.2 Å². The monoisotopic (exact) mass is 319 g/mol. The van der Waals surface area contributed by atoms with Gasteiger partial charge in [0.1, 0.15) is 0 Å². The topological polar surface area (TPSA) is 66.5 Å². The lowest BCUT2D eigenvalue weighted by Gasteiger charge is -2.04. The lowest BCUT2D eigenvalue weighted by atomic mass is 9.78. The van der Waals surface area contributed by atoms with Crippen LogP contribution in [0, 0.1) is 2.88 Å². The molecule has 0 unspecified atom stereocenters. The number of fused-ring (bicyclic) bond motifs is 1. The van der Waals surface area contributed by atoms with Crippen molar-refractivity contribution in [1.29, 1.82) is 0 Å². The van der Waals surface area contributed by atoms with Crippen molar-refractivity contribution < 1.29 is 10.0 Å². The van der Waals surface area contributed by atoms with E-state index in [1.807, 2.05) is 12.1 Å². The van der Waals surface area contributed by atoms with Gasteiger partial charge in [-0.2, -0.15) is 0 Å². The highest BCUT2D eigenvalue weighted by molar-refractivity contribution is 14.1. The number of nitrogen functional groups attached to an aromatic ring is 1. The van der Waals surface area contributed by atoms with Gasteiger partial charge in [0.25, 0.3) is 0 Å². The third-order valence-electron chi connectivity index (χ3n) is 2.02. The van der Waals surface area contributed by atoms with Gasteiger partial charge in [-0.3, -0.25) is 0 Å². The van der Waals surface area contributed by atoms with Crippen molar-refractivity contribution in [3.05, 3.63) is 21.1 Å². The maximum atomic E-state index is 9.05. The average molecular weight is 319 g/mol. The van der Waals surface area contributed by atoms with E-state index in [1.165, 1.54) is 0 Å². The van der Waals surface area contributed by atoms with E-state index < -0.39 is 7.12 Å². The van der Waals surface area contributed by atoms with Crippen molar-refractivity contribution in [3.63, 3.8) is 0 Å². The summed E-state index contributed by atoms with van der Waals surface area (Å²) in [5, 5.41) is 19.0. The molecule has 3 nitrogen and oxygen atoms in total. The normalized spacial score (nSPS) is 10.8. The third kappa shape index (κ3) is 1.62. The zero-order valence-corrected chi connectivity index (χ0v) is 10.0. The average Bonchev–Trinajstić information content (AvgIpc) is 2.46. The van der Waals surface area contributed by atoms with Crippen LogP contribution in [0.15, 0.2) is 18.2 Å². The van der Waals surface area contributed by atoms with Crippen molar-refractivity contribution in [2.24, 2.45) is 0 Å². The molecule has 14 heavy (non-hydrogen) atoms. The lowest BCUT2D eigenvalue weighted by Crippen LogP contribution is -2.32. The van der Waals surface area contributed by atoms with Gasteiger partial charge in [-0.15, -0.1) is 11.3 Å². The predicted octanol–water partition coefficient (Wildman–Crippen LogP) is 0.768. The van der Waals surface area contributed by atoms with Gasteiger partial charge < -0.3 is 15.8 Å². The largest absolute Gasteiger partial charge is 0.490 e. The molecular weight excluding hydrogens is 312 g/mol. The molecule has 0 saturated carbocycles. The van der Waals surface area contributed by atoms with Gasteiger partial charge in [0.05, 0.1) is 2.88 Å². The highest BCUT2D eigenvalue weighted by Crippen LogP contribution is 2.29. The number of anilines is 1. The van der Waals surface area contributed by atoms with Gasteiger partial charge in [0.15, 0.2) is 0 Å². The summed E-state index contributed by atoms with van der Waals surface area (Å²) in [5.41, 5.74) is 6.64. The standard InChI is InChI=1S/C8H7BINO2S/c10-7-3-4-6(14-7)2-1-5(8(4)11)9(12)13/h1-3,12-13H,11H2. The fourth-order valence-electron chi connectivity index (χ4n) is 1.34. The summed E-state index contributed by atoms with van der Waals surface area (Å²) in [7, 11) is -1.50. The SMILES string of the molecule is Nc1c(B(O)O)ccc2sc(I)cc12. The second kappa shape index (κ2) is 3.69. The molecular formula is C8H7BINO2S. The Kier molecular flexibility index (Phi) is 2.69. The summed E-state index contributed by atoms with van der Waals surface area (Å²) in [6.07, 6.45) is 0. The Balaban J connectivity index is 2.74. The first kappa shape index (κ1) is 10.2. The number of thiophene rings is 1. The van der Waals surface area contributed by atoms with Gasteiger partial charge in [0.2, 0.25) is 0 Å². The van der Waals surface area contributed by atoms with Gasteiger partial charge in [-0.25, -0.2) is 0 Å². The van der Waals surface area contributed by atoms with E-state index >= 15 is 0 Å². The van der Waals surface area contributed by atoms with Crippen LogP contribution in [0.3, 0.4) is 0 Å². The van der Waals surface area contributed by atoms with Crippen molar-refractivity contribution in [2.45, 2.75) is 0 Å². The molecule has 0 radical (unpaired) electrons. The van der Waals surface area contributed by atoms with Crippen LogP contribution >= 0.6 is 33.9 Å². The summed E-state index contributed by atoms with van der Waals surface area (Å²) in [6, 6.07) is 5.45. The molecule has 0 bridgehead atoms. The third-order valence-corrected chi connectivity index (χ3v) is 3.89. The van der Waals surface area contributed by atoms with E-state index in [1.54, 1.807) is 17.4 Å². The summed E-state index contributed by atoms with van der Waals surface area (Å²) >= 11 is 3.85.